The largest absolute Gasteiger partial charge is 0.377 e. The van der Waals surface area contributed by atoms with Crippen LogP contribution in [0.2, 0.25) is 0 Å². The molecule has 0 saturated carbocycles. The van der Waals surface area contributed by atoms with Crippen LogP contribution in [-0.2, 0) is 4.74 Å². The predicted octanol–water partition coefficient (Wildman–Crippen LogP) is 2.54. The zero-order valence-corrected chi connectivity index (χ0v) is 12.1. The zero-order chi connectivity index (χ0) is 15.0. The van der Waals surface area contributed by atoms with Crippen LogP contribution < -0.4 is 0 Å². The molecule has 2 aromatic rings. The first-order valence-electron chi connectivity index (χ1n) is 7.02. The van der Waals surface area contributed by atoms with Crippen molar-refractivity contribution < 1.29 is 13.9 Å². The van der Waals surface area contributed by atoms with Gasteiger partial charge in [0.15, 0.2) is 0 Å². The zero-order valence-electron chi connectivity index (χ0n) is 12.1. The number of ether oxygens (including phenoxy) is 1. The standard InChI is InChI=1S/C16H17FN2O2/c1-10-9-21-6-5-19(10)16(20)14-7-12-3-4-13(17)8-15(12)18-11(14)2/h3-4,7-8,10H,5-6,9H2,1-2H3. The molecule has 110 valence electrons. The van der Waals surface area contributed by atoms with Crippen molar-refractivity contribution in [3.05, 3.63) is 41.3 Å². The Morgan fingerprint density at radius 1 is 1.43 bits per heavy atom. The number of morpholine rings is 1. The minimum absolute atomic E-state index is 0.0398. The highest BCUT2D eigenvalue weighted by Crippen LogP contribution is 2.20. The molecule has 1 aliphatic heterocycles. The molecule has 0 N–H and O–H groups in total. The number of benzene rings is 1. The van der Waals surface area contributed by atoms with Crippen molar-refractivity contribution in [1.82, 2.24) is 9.88 Å². The van der Waals surface area contributed by atoms with E-state index >= 15 is 0 Å². The lowest BCUT2D eigenvalue weighted by molar-refractivity contribution is 0.00354. The number of amides is 1. The van der Waals surface area contributed by atoms with E-state index in [1.807, 2.05) is 11.8 Å². The molecule has 1 fully saturated rings. The molecule has 0 spiro atoms. The Morgan fingerprint density at radius 3 is 3.00 bits per heavy atom. The smallest absolute Gasteiger partial charge is 0.256 e. The Bertz CT molecular complexity index is 702. The second-order valence-corrected chi connectivity index (χ2v) is 5.38. The number of rotatable bonds is 1. The third kappa shape index (κ3) is 2.61. The Balaban J connectivity index is 2.01. The van der Waals surface area contributed by atoms with Gasteiger partial charge in [-0.1, -0.05) is 0 Å². The second-order valence-electron chi connectivity index (χ2n) is 5.38. The molecule has 0 radical (unpaired) electrons. The van der Waals surface area contributed by atoms with Crippen LogP contribution >= 0.6 is 0 Å². The van der Waals surface area contributed by atoms with Gasteiger partial charge in [0.1, 0.15) is 5.82 Å². The third-order valence-corrected chi connectivity index (χ3v) is 3.83. The van der Waals surface area contributed by atoms with E-state index in [0.717, 1.165) is 5.39 Å². The van der Waals surface area contributed by atoms with E-state index in [1.165, 1.54) is 12.1 Å². The lowest BCUT2D eigenvalue weighted by Crippen LogP contribution is -2.47. The molecule has 1 aromatic carbocycles. The summed E-state index contributed by atoms with van der Waals surface area (Å²) in [6.45, 7) is 5.44. The number of nitrogens with zero attached hydrogens (tertiary/aromatic N) is 2. The van der Waals surface area contributed by atoms with Crippen LogP contribution in [0.15, 0.2) is 24.3 Å². The first-order chi connectivity index (χ1) is 10.1. The van der Waals surface area contributed by atoms with Crippen LogP contribution in [0, 0.1) is 12.7 Å². The molecule has 5 heteroatoms. The van der Waals surface area contributed by atoms with Crippen molar-refractivity contribution >= 4 is 16.8 Å². The average Bonchev–Trinajstić information content (AvgIpc) is 2.46. The van der Waals surface area contributed by atoms with Gasteiger partial charge in [0, 0.05) is 18.0 Å². The van der Waals surface area contributed by atoms with E-state index in [-0.39, 0.29) is 17.8 Å². The summed E-state index contributed by atoms with van der Waals surface area (Å²) in [5, 5.41) is 0.770. The van der Waals surface area contributed by atoms with Gasteiger partial charge in [-0.2, -0.15) is 0 Å². The Hall–Kier alpha value is -2.01. The number of halogens is 1. The Labute approximate surface area is 122 Å². The summed E-state index contributed by atoms with van der Waals surface area (Å²) in [6, 6.07) is 6.26. The van der Waals surface area contributed by atoms with Crippen LogP contribution in [0.3, 0.4) is 0 Å². The number of hydrogen-bond acceptors (Lipinski definition) is 3. The minimum atomic E-state index is -0.324. The van der Waals surface area contributed by atoms with Crippen LogP contribution in [0.25, 0.3) is 10.9 Å². The molecule has 21 heavy (non-hydrogen) atoms. The molecule has 1 aliphatic rings. The second kappa shape index (κ2) is 5.41. The number of hydrogen-bond donors (Lipinski definition) is 0. The normalized spacial score (nSPS) is 19.0. The lowest BCUT2D eigenvalue weighted by Gasteiger charge is -2.33. The van der Waals surface area contributed by atoms with Crippen LogP contribution in [0.1, 0.15) is 23.0 Å². The maximum atomic E-state index is 13.2. The molecular weight excluding hydrogens is 271 g/mol. The quantitative estimate of drug-likeness (QED) is 0.810. The molecule has 3 rings (SSSR count). The monoisotopic (exact) mass is 288 g/mol. The molecule has 1 amide bonds. The number of aryl methyl sites for hydroxylation is 1. The van der Waals surface area contributed by atoms with Crippen molar-refractivity contribution in [3.8, 4) is 0 Å². The number of aromatic nitrogens is 1. The summed E-state index contributed by atoms with van der Waals surface area (Å²) in [5.74, 6) is -0.364. The van der Waals surface area contributed by atoms with Gasteiger partial charge in [-0.3, -0.25) is 9.78 Å². The molecule has 0 aliphatic carbocycles. The first-order valence-corrected chi connectivity index (χ1v) is 7.02. The van der Waals surface area contributed by atoms with Crippen molar-refractivity contribution in [1.29, 1.82) is 0 Å². The van der Waals surface area contributed by atoms with Gasteiger partial charge >= 0.3 is 0 Å². The van der Waals surface area contributed by atoms with E-state index in [0.29, 0.717) is 36.5 Å². The predicted molar refractivity (Wildman–Crippen MR) is 77.8 cm³/mol. The molecule has 0 bridgehead atoms. The van der Waals surface area contributed by atoms with Gasteiger partial charge in [-0.25, -0.2) is 4.39 Å². The van der Waals surface area contributed by atoms with Gasteiger partial charge in [-0.15, -0.1) is 0 Å². The van der Waals surface area contributed by atoms with E-state index in [2.05, 4.69) is 4.98 Å². The summed E-state index contributed by atoms with van der Waals surface area (Å²) in [5.41, 5.74) is 1.76. The maximum Gasteiger partial charge on any atom is 0.256 e. The fraction of sp³-hybridized carbons (Fsp3) is 0.375. The highest BCUT2D eigenvalue weighted by Gasteiger charge is 2.26. The SMILES string of the molecule is Cc1nc2cc(F)ccc2cc1C(=O)N1CCOCC1C. The minimum Gasteiger partial charge on any atom is -0.377 e. The summed E-state index contributed by atoms with van der Waals surface area (Å²) in [6.07, 6.45) is 0. The lowest BCUT2D eigenvalue weighted by atomic mass is 10.1. The van der Waals surface area contributed by atoms with Gasteiger partial charge in [-0.05, 0) is 32.0 Å². The highest BCUT2D eigenvalue weighted by molar-refractivity contribution is 5.98. The van der Waals surface area contributed by atoms with Gasteiger partial charge in [0.2, 0.25) is 0 Å². The van der Waals surface area contributed by atoms with Crippen molar-refractivity contribution in [3.63, 3.8) is 0 Å². The molecular formula is C16H17FN2O2. The molecule has 1 saturated heterocycles. The highest BCUT2D eigenvalue weighted by atomic mass is 19.1. The van der Waals surface area contributed by atoms with E-state index in [9.17, 15) is 9.18 Å². The van der Waals surface area contributed by atoms with Crippen molar-refractivity contribution in [2.45, 2.75) is 19.9 Å². The number of fused-ring (bicyclic) bond motifs is 1. The summed E-state index contributed by atoms with van der Waals surface area (Å²) >= 11 is 0. The third-order valence-electron chi connectivity index (χ3n) is 3.83. The Kier molecular flexibility index (Phi) is 3.59. The summed E-state index contributed by atoms with van der Waals surface area (Å²) < 4.78 is 18.6. The van der Waals surface area contributed by atoms with E-state index in [4.69, 9.17) is 4.74 Å². The van der Waals surface area contributed by atoms with Crippen LogP contribution in [-0.4, -0.2) is 41.6 Å². The number of carbonyl (C=O) groups is 1. The molecule has 1 unspecified atom stereocenters. The molecule has 1 aromatic heterocycles. The Morgan fingerprint density at radius 2 is 2.24 bits per heavy atom. The van der Waals surface area contributed by atoms with Gasteiger partial charge < -0.3 is 9.64 Å². The van der Waals surface area contributed by atoms with Crippen LogP contribution in [0.5, 0.6) is 0 Å². The van der Waals surface area contributed by atoms with Crippen molar-refractivity contribution in [2.75, 3.05) is 19.8 Å². The van der Waals surface area contributed by atoms with Gasteiger partial charge in [0.25, 0.3) is 5.91 Å². The maximum absolute atomic E-state index is 13.2. The van der Waals surface area contributed by atoms with Crippen molar-refractivity contribution in [2.24, 2.45) is 0 Å². The number of carbonyl (C=O) groups excluding carboxylic acids is 1. The molecule has 4 nitrogen and oxygen atoms in total. The van der Waals surface area contributed by atoms with Gasteiger partial charge in [0.05, 0.1) is 36.0 Å². The molecule has 2 heterocycles. The first kappa shape index (κ1) is 13.9. The summed E-state index contributed by atoms with van der Waals surface area (Å²) in [7, 11) is 0. The van der Waals surface area contributed by atoms with E-state index in [1.54, 1.807) is 19.1 Å². The fourth-order valence-corrected chi connectivity index (χ4v) is 2.64. The van der Waals surface area contributed by atoms with Crippen LogP contribution in [0.4, 0.5) is 4.39 Å². The summed E-state index contributed by atoms with van der Waals surface area (Å²) in [4.78, 5) is 18.9. The topological polar surface area (TPSA) is 42.4 Å². The fourth-order valence-electron chi connectivity index (χ4n) is 2.64. The average molecular weight is 288 g/mol. The van der Waals surface area contributed by atoms with E-state index < -0.39 is 0 Å². The molecule has 1 atom stereocenters. The number of pyridine rings is 1.